The summed E-state index contributed by atoms with van der Waals surface area (Å²) in [6.45, 7) is 6.93. The highest BCUT2D eigenvalue weighted by Crippen LogP contribution is 2.20. The fourth-order valence-electron chi connectivity index (χ4n) is 3.96. The van der Waals surface area contributed by atoms with Crippen LogP contribution in [-0.4, -0.2) is 60.6 Å². The number of aliphatic hydroxyl groups excluding tert-OH is 1. The number of nitrogens with zero attached hydrogens (tertiary/aromatic N) is 1. The highest BCUT2D eigenvalue weighted by Gasteiger charge is 2.30. The molecule has 0 spiro atoms. The van der Waals surface area contributed by atoms with Crippen LogP contribution in [0.3, 0.4) is 0 Å². The maximum atomic E-state index is 12.8. The molecule has 2 heterocycles. The maximum Gasteiger partial charge on any atom is 0.253 e. The largest absolute Gasteiger partial charge is 0.391 e. The first-order valence-corrected chi connectivity index (χ1v) is 9.48. The first-order chi connectivity index (χ1) is 12.4. The van der Waals surface area contributed by atoms with E-state index in [1.54, 1.807) is 4.90 Å². The number of likely N-dealkylation sites (tertiary alicyclic amines) is 1. The summed E-state index contributed by atoms with van der Waals surface area (Å²) >= 11 is 0. The second kappa shape index (κ2) is 9.53. The molecular formula is C20H30ClN3O3. The minimum Gasteiger partial charge on any atom is -0.391 e. The average Bonchev–Trinajstić information content (AvgIpc) is 3.03. The zero-order chi connectivity index (χ0) is 18.7. The number of halogens is 1. The quantitative estimate of drug-likeness (QED) is 0.717. The van der Waals surface area contributed by atoms with Gasteiger partial charge in [0, 0.05) is 44.2 Å². The molecule has 3 N–H and O–H groups in total. The highest BCUT2D eigenvalue weighted by molar-refractivity contribution is 5.95. The number of piperidine rings is 1. The van der Waals surface area contributed by atoms with E-state index in [9.17, 15) is 14.7 Å². The van der Waals surface area contributed by atoms with E-state index in [1.165, 1.54) is 0 Å². The van der Waals surface area contributed by atoms with Crippen molar-refractivity contribution in [3.8, 4) is 0 Å². The van der Waals surface area contributed by atoms with E-state index in [0.717, 1.165) is 30.5 Å². The third-order valence-corrected chi connectivity index (χ3v) is 5.39. The molecule has 2 saturated heterocycles. The number of hydrogen-bond acceptors (Lipinski definition) is 4. The predicted octanol–water partition coefficient (Wildman–Crippen LogP) is 1.27. The molecule has 0 radical (unpaired) electrons. The van der Waals surface area contributed by atoms with Crippen LogP contribution >= 0.6 is 12.4 Å². The fraction of sp³-hybridized carbons (Fsp3) is 0.600. The van der Waals surface area contributed by atoms with Gasteiger partial charge < -0.3 is 20.6 Å². The maximum absolute atomic E-state index is 12.8. The van der Waals surface area contributed by atoms with E-state index in [1.807, 2.05) is 26.0 Å². The second-order valence-electron chi connectivity index (χ2n) is 7.70. The molecule has 2 aliphatic heterocycles. The van der Waals surface area contributed by atoms with E-state index < -0.39 is 6.10 Å². The Kier molecular flexibility index (Phi) is 7.65. The lowest BCUT2D eigenvalue weighted by Gasteiger charge is -2.32. The van der Waals surface area contributed by atoms with Crippen LogP contribution in [0.5, 0.6) is 0 Å². The van der Waals surface area contributed by atoms with Crippen LogP contribution in [0.15, 0.2) is 18.2 Å². The van der Waals surface area contributed by atoms with Crippen molar-refractivity contribution < 1.29 is 14.7 Å². The van der Waals surface area contributed by atoms with Crippen LogP contribution in [0.25, 0.3) is 0 Å². The van der Waals surface area contributed by atoms with Crippen molar-refractivity contribution in [1.29, 1.82) is 0 Å². The van der Waals surface area contributed by atoms with Gasteiger partial charge in [-0.1, -0.05) is 17.2 Å². The summed E-state index contributed by atoms with van der Waals surface area (Å²) in [6, 6.07) is 5.87. The number of rotatable bonds is 4. The number of amides is 2. The molecule has 2 fully saturated rings. The van der Waals surface area contributed by atoms with E-state index in [-0.39, 0.29) is 36.1 Å². The number of aliphatic hydroxyl groups is 1. The van der Waals surface area contributed by atoms with Crippen molar-refractivity contribution in [2.45, 2.75) is 32.8 Å². The summed E-state index contributed by atoms with van der Waals surface area (Å²) in [5.74, 6) is -0.118. The van der Waals surface area contributed by atoms with Gasteiger partial charge in [-0.3, -0.25) is 9.59 Å². The monoisotopic (exact) mass is 395 g/mol. The zero-order valence-corrected chi connectivity index (χ0v) is 16.8. The molecule has 0 saturated carbocycles. The van der Waals surface area contributed by atoms with Crippen molar-refractivity contribution in [1.82, 2.24) is 15.5 Å². The van der Waals surface area contributed by atoms with Gasteiger partial charge in [0.05, 0.1) is 12.0 Å². The Morgan fingerprint density at radius 2 is 1.93 bits per heavy atom. The molecule has 0 aliphatic carbocycles. The van der Waals surface area contributed by atoms with Crippen LogP contribution < -0.4 is 10.6 Å². The first kappa shape index (κ1) is 21.7. The van der Waals surface area contributed by atoms with Crippen LogP contribution in [0.4, 0.5) is 0 Å². The van der Waals surface area contributed by atoms with Crippen molar-refractivity contribution in [2.75, 3.05) is 32.7 Å². The minimum atomic E-state index is -0.399. The Bertz CT molecular complexity index is 662. The van der Waals surface area contributed by atoms with E-state index >= 15 is 0 Å². The fourth-order valence-corrected chi connectivity index (χ4v) is 3.96. The second-order valence-corrected chi connectivity index (χ2v) is 7.70. The van der Waals surface area contributed by atoms with Crippen molar-refractivity contribution in [2.24, 2.45) is 11.8 Å². The van der Waals surface area contributed by atoms with Gasteiger partial charge in [0.25, 0.3) is 5.91 Å². The summed E-state index contributed by atoms with van der Waals surface area (Å²) < 4.78 is 0. The van der Waals surface area contributed by atoms with Gasteiger partial charge in [-0.25, -0.2) is 0 Å². The lowest BCUT2D eigenvalue weighted by Crippen LogP contribution is -2.46. The Morgan fingerprint density at radius 3 is 2.56 bits per heavy atom. The third kappa shape index (κ3) is 5.43. The van der Waals surface area contributed by atoms with Gasteiger partial charge >= 0.3 is 0 Å². The molecule has 1 aromatic rings. The van der Waals surface area contributed by atoms with Gasteiger partial charge in [-0.2, -0.15) is 0 Å². The first-order valence-electron chi connectivity index (χ1n) is 9.48. The normalized spacial score (nSPS) is 25.0. The molecule has 27 heavy (non-hydrogen) atoms. The number of hydrogen-bond donors (Lipinski definition) is 3. The molecule has 7 heteroatoms. The number of carbonyl (C=O) groups excluding carboxylic acids is 2. The number of aryl methyl sites for hydroxylation is 2. The standard InChI is InChI=1S/C20H29N3O3.ClH/c1-13-6-14(2)8-16(7-13)20(26)23-5-3-4-15(12-23)19(25)22-10-17-9-21-11-18(17)24;/h6-8,15,17-18,21,24H,3-5,9-12H2,1-2H3,(H,22,25);1H. The van der Waals surface area contributed by atoms with Crippen LogP contribution in [0, 0.1) is 25.7 Å². The summed E-state index contributed by atoms with van der Waals surface area (Å²) in [7, 11) is 0. The van der Waals surface area contributed by atoms with Crippen LogP contribution in [0.1, 0.15) is 34.3 Å². The molecule has 150 valence electrons. The van der Waals surface area contributed by atoms with E-state index in [4.69, 9.17) is 0 Å². The molecular weight excluding hydrogens is 366 g/mol. The van der Waals surface area contributed by atoms with Gasteiger partial charge in [0.15, 0.2) is 0 Å². The number of β-amino-alcohol motifs (C(OH)–C–C–N with tert-alkyl or cyclic N) is 1. The van der Waals surface area contributed by atoms with Crippen LogP contribution in [-0.2, 0) is 4.79 Å². The minimum absolute atomic E-state index is 0. The number of carbonyl (C=O) groups is 2. The SMILES string of the molecule is Cc1cc(C)cc(C(=O)N2CCCC(C(=O)NCC3CNCC3O)C2)c1.Cl. The van der Waals surface area contributed by atoms with E-state index in [0.29, 0.717) is 31.7 Å². The summed E-state index contributed by atoms with van der Waals surface area (Å²) in [5.41, 5.74) is 2.84. The lowest BCUT2D eigenvalue weighted by molar-refractivity contribution is -0.126. The molecule has 3 atom stereocenters. The van der Waals surface area contributed by atoms with Gasteiger partial charge in [-0.05, 0) is 38.8 Å². The highest BCUT2D eigenvalue weighted by atomic mass is 35.5. The average molecular weight is 396 g/mol. The Hall–Kier alpha value is -1.63. The smallest absolute Gasteiger partial charge is 0.253 e. The molecule has 0 aromatic heterocycles. The topological polar surface area (TPSA) is 81.7 Å². The molecule has 6 nitrogen and oxygen atoms in total. The molecule has 2 aliphatic rings. The van der Waals surface area contributed by atoms with Gasteiger partial charge in [0.2, 0.25) is 5.91 Å². The third-order valence-electron chi connectivity index (χ3n) is 5.39. The summed E-state index contributed by atoms with van der Waals surface area (Å²) in [6.07, 6.45) is 1.24. The Labute approximate surface area is 167 Å². The van der Waals surface area contributed by atoms with Gasteiger partial charge in [-0.15, -0.1) is 12.4 Å². The Balaban J connectivity index is 0.00000261. The van der Waals surface area contributed by atoms with E-state index in [2.05, 4.69) is 16.7 Å². The van der Waals surface area contributed by atoms with Crippen molar-refractivity contribution in [3.63, 3.8) is 0 Å². The predicted molar refractivity (Wildman–Crippen MR) is 107 cm³/mol. The molecule has 1 aromatic carbocycles. The number of nitrogens with one attached hydrogen (secondary N) is 2. The molecule has 0 bridgehead atoms. The number of benzene rings is 1. The summed E-state index contributed by atoms with van der Waals surface area (Å²) in [4.78, 5) is 27.2. The summed E-state index contributed by atoms with van der Waals surface area (Å²) in [5, 5.41) is 15.9. The lowest BCUT2D eigenvalue weighted by atomic mass is 9.95. The Morgan fingerprint density at radius 1 is 1.22 bits per heavy atom. The molecule has 3 unspecified atom stereocenters. The molecule has 3 rings (SSSR count). The zero-order valence-electron chi connectivity index (χ0n) is 16.0. The van der Waals surface area contributed by atoms with Gasteiger partial charge in [0.1, 0.15) is 0 Å². The van der Waals surface area contributed by atoms with Crippen LogP contribution in [0.2, 0.25) is 0 Å². The van der Waals surface area contributed by atoms with Crippen molar-refractivity contribution in [3.05, 3.63) is 34.9 Å². The van der Waals surface area contributed by atoms with Crippen molar-refractivity contribution >= 4 is 24.2 Å². The molecule has 2 amide bonds.